The molecule has 0 radical (unpaired) electrons. The molecule has 1 amide bonds. The molecule has 0 saturated heterocycles. The molecule has 0 atom stereocenters. The summed E-state index contributed by atoms with van der Waals surface area (Å²) in [6.45, 7) is -0.610. The second kappa shape index (κ2) is 8.01. The first-order chi connectivity index (χ1) is 14.8. The summed E-state index contributed by atoms with van der Waals surface area (Å²) in [6.07, 6.45) is 1.25. The van der Waals surface area contributed by atoms with E-state index in [1.54, 1.807) is 0 Å². The molecule has 0 fully saturated rings. The third kappa shape index (κ3) is 4.15. The van der Waals surface area contributed by atoms with Crippen molar-refractivity contribution in [1.29, 1.82) is 0 Å². The molecule has 2 aromatic heterocycles. The van der Waals surface area contributed by atoms with Crippen LogP contribution >= 0.6 is 0 Å². The Kier molecular flexibility index (Phi) is 5.24. The van der Waals surface area contributed by atoms with E-state index in [0.717, 1.165) is 4.68 Å². The Morgan fingerprint density at radius 1 is 0.968 bits per heavy atom. The maximum atomic E-state index is 13.8. The van der Waals surface area contributed by atoms with Crippen LogP contribution in [0.4, 0.5) is 27.8 Å². The molecule has 31 heavy (non-hydrogen) atoms. The number of hydrogen-bond acceptors (Lipinski definition) is 4. The van der Waals surface area contributed by atoms with Crippen LogP contribution in [-0.2, 0) is 6.54 Å². The number of nitrogens with one attached hydrogen (secondary N) is 1. The zero-order valence-electron chi connectivity index (χ0n) is 15.4. The lowest BCUT2D eigenvalue weighted by Crippen LogP contribution is -2.13. The Balaban J connectivity index is 1.47. The highest BCUT2D eigenvalue weighted by Gasteiger charge is 2.20. The fraction of sp³-hybridized carbons (Fsp3) is 0.0500. The molecule has 0 aliphatic heterocycles. The third-order valence-corrected chi connectivity index (χ3v) is 4.28. The van der Waals surface area contributed by atoms with E-state index in [1.165, 1.54) is 42.6 Å². The topological polar surface area (TPSA) is 73.0 Å². The first kappa shape index (κ1) is 20.3. The number of carbonyl (C=O) groups is 1. The van der Waals surface area contributed by atoms with Crippen molar-refractivity contribution in [3.8, 4) is 11.3 Å². The molecule has 6 nitrogen and oxygen atoms in total. The molecule has 4 rings (SSSR count). The van der Waals surface area contributed by atoms with E-state index in [4.69, 9.17) is 4.52 Å². The Morgan fingerprint density at radius 3 is 2.32 bits per heavy atom. The minimum Gasteiger partial charge on any atom is -0.355 e. The van der Waals surface area contributed by atoms with Crippen LogP contribution in [0.1, 0.15) is 16.1 Å². The summed E-state index contributed by atoms with van der Waals surface area (Å²) in [6, 6.07) is 8.10. The molecule has 0 aliphatic rings. The molecule has 2 aromatic carbocycles. The van der Waals surface area contributed by atoms with Gasteiger partial charge in [0.25, 0.3) is 5.91 Å². The molecule has 4 aromatic rings. The van der Waals surface area contributed by atoms with Gasteiger partial charge in [0.05, 0.1) is 12.1 Å². The van der Waals surface area contributed by atoms with Crippen molar-refractivity contribution in [3.05, 3.63) is 89.0 Å². The predicted octanol–water partition coefficient (Wildman–Crippen LogP) is 4.53. The maximum absolute atomic E-state index is 13.8. The fourth-order valence-corrected chi connectivity index (χ4v) is 2.75. The van der Waals surface area contributed by atoms with Gasteiger partial charge in [0.1, 0.15) is 5.82 Å². The standard InChI is InChI=1S/C20H11F5N4O2/c21-11-3-1-10(2-4-11)16-8-15(28-31-16)20(30)26-17-5-6-29(27-17)9-12-18(24)13(22)7-14(23)19(12)25/h1-8H,9H2,(H,26,27,30). The zero-order valence-corrected chi connectivity index (χ0v) is 15.4. The minimum atomic E-state index is -1.53. The molecule has 0 spiro atoms. The van der Waals surface area contributed by atoms with Crippen molar-refractivity contribution in [3.63, 3.8) is 0 Å². The lowest BCUT2D eigenvalue weighted by atomic mass is 10.1. The normalized spacial score (nSPS) is 11.0. The van der Waals surface area contributed by atoms with Crippen molar-refractivity contribution in [1.82, 2.24) is 14.9 Å². The molecule has 2 heterocycles. The highest BCUT2D eigenvalue weighted by molar-refractivity contribution is 6.02. The quantitative estimate of drug-likeness (QED) is 0.370. The predicted molar refractivity (Wildman–Crippen MR) is 97.5 cm³/mol. The lowest BCUT2D eigenvalue weighted by Gasteiger charge is -2.07. The largest absolute Gasteiger partial charge is 0.355 e. The van der Waals surface area contributed by atoms with Crippen LogP contribution in [0.3, 0.4) is 0 Å². The minimum absolute atomic E-state index is 0.00553. The number of benzene rings is 2. The lowest BCUT2D eigenvalue weighted by molar-refractivity contribution is 0.101. The van der Waals surface area contributed by atoms with Gasteiger partial charge in [0, 0.05) is 30.0 Å². The first-order valence-corrected chi connectivity index (χ1v) is 8.71. The molecular formula is C20H11F5N4O2. The molecule has 0 aliphatic carbocycles. The Hall–Kier alpha value is -4.02. The highest BCUT2D eigenvalue weighted by atomic mass is 19.2. The molecule has 11 heteroatoms. The molecule has 1 N–H and O–H groups in total. The van der Waals surface area contributed by atoms with Crippen molar-refractivity contribution >= 4 is 11.7 Å². The van der Waals surface area contributed by atoms with E-state index >= 15 is 0 Å². The number of hydrogen-bond donors (Lipinski definition) is 1. The number of aromatic nitrogens is 3. The van der Waals surface area contributed by atoms with Gasteiger partial charge in [-0.1, -0.05) is 5.16 Å². The van der Waals surface area contributed by atoms with Gasteiger partial charge in [-0.15, -0.1) is 0 Å². The van der Waals surface area contributed by atoms with Gasteiger partial charge in [0.2, 0.25) is 0 Å². The van der Waals surface area contributed by atoms with Crippen LogP contribution in [0.25, 0.3) is 11.3 Å². The Bertz CT molecular complexity index is 1240. The van der Waals surface area contributed by atoms with Gasteiger partial charge >= 0.3 is 0 Å². The van der Waals surface area contributed by atoms with Crippen LogP contribution in [0.15, 0.2) is 53.2 Å². The van der Waals surface area contributed by atoms with Gasteiger partial charge in [-0.05, 0) is 24.3 Å². The summed E-state index contributed by atoms with van der Waals surface area (Å²) in [7, 11) is 0. The van der Waals surface area contributed by atoms with E-state index in [-0.39, 0.29) is 23.3 Å². The Labute approximate surface area is 170 Å². The van der Waals surface area contributed by atoms with Gasteiger partial charge < -0.3 is 9.84 Å². The molecule has 0 bridgehead atoms. The average Bonchev–Trinajstić information content (AvgIpc) is 3.40. The zero-order chi connectivity index (χ0) is 22.1. The molecular weight excluding hydrogens is 423 g/mol. The van der Waals surface area contributed by atoms with Crippen molar-refractivity contribution in [2.75, 3.05) is 5.32 Å². The summed E-state index contributed by atoms with van der Waals surface area (Å²) in [5.41, 5.74) is -0.444. The fourth-order valence-electron chi connectivity index (χ4n) is 2.75. The number of carbonyl (C=O) groups excluding carboxylic acids is 1. The first-order valence-electron chi connectivity index (χ1n) is 8.71. The van der Waals surface area contributed by atoms with Gasteiger partial charge in [-0.25, -0.2) is 22.0 Å². The molecule has 158 valence electrons. The summed E-state index contributed by atoms with van der Waals surface area (Å²) >= 11 is 0. The maximum Gasteiger partial charge on any atom is 0.279 e. The van der Waals surface area contributed by atoms with Gasteiger partial charge in [0.15, 0.2) is 40.5 Å². The van der Waals surface area contributed by atoms with Crippen LogP contribution < -0.4 is 5.32 Å². The van der Waals surface area contributed by atoms with Crippen LogP contribution in [0.5, 0.6) is 0 Å². The van der Waals surface area contributed by atoms with Gasteiger partial charge in [-0.3, -0.25) is 9.48 Å². The second-order valence-electron chi connectivity index (χ2n) is 6.38. The van der Waals surface area contributed by atoms with E-state index in [2.05, 4.69) is 15.6 Å². The summed E-state index contributed by atoms with van der Waals surface area (Å²) in [5.74, 6) is -7.03. The highest BCUT2D eigenvalue weighted by Crippen LogP contribution is 2.22. The van der Waals surface area contributed by atoms with Crippen LogP contribution in [-0.4, -0.2) is 20.8 Å². The monoisotopic (exact) mass is 434 g/mol. The van der Waals surface area contributed by atoms with Crippen LogP contribution in [0, 0.1) is 29.1 Å². The molecule has 0 unspecified atom stereocenters. The molecule has 0 saturated carbocycles. The van der Waals surface area contributed by atoms with Crippen molar-refractivity contribution in [2.24, 2.45) is 0 Å². The smallest absolute Gasteiger partial charge is 0.279 e. The number of amides is 1. The van der Waals surface area contributed by atoms with Gasteiger partial charge in [-0.2, -0.15) is 5.10 Å². The average molecular weight is 434 g/mol. The SMILES string of the molecule is O=C(Nc1ccn(Cc2c(F)c(F)cc(F)c2F)n1)c1cc(-c2ccc(F)cc2)on1. The van der Waals surface area contributed by atoms with Crippen molar-refractivity contribution in [2.45, 2.75) is 6.54 Å². The third-order valence-electron chi connectivity index (χ3n) is 4.28. The second-order valence-corrected chi connectivity index (χ2v) is 6.38. The van der Waals surface area contributed by atoms with E-state index < -0.39 is 47.1 Å². The number of nitrogens with zero attached hydrogens (tertiary/aromatic N) is 3. The van der Waals surface area contributed by atoms with Crippen molar-refractivity contribution < 1.29 is 31.3 Å². The van der Waals surface area contributed by atoms with E-state index in [9.17, 15) is 26.7 Å². The van der Waals surface area contributed by atoms with E-state index in [0.29, 0.717) is 5.56 Å². The number of halogens is 5. The van der Waals surface area contributed by atoms with Crippen LogP contribution in [0.2, 0.25) is 0 Å². The van der Waals surface area contributed by atoms with E-state index in [1.807, 2.05) is 0 Å². The summed E-state index contributed by atoms with van der Waals surface area (Å²) < 4.78 is 73.3. The number of rotatable bonds is 5. The summed E-state index contributed by atoms with van der Waals surface area (Å²) in [4.78, 5) is 12.3. The number of anilines is 1. The summed E-state index contributed by atoms with van der Waals surface area (Å²) in [5, 5.41) is 9.93. The Morgan fingerprint density at radius 2 is 1.65 bits per heavy atom.